The molecule has 1 aliphatic carbocycles. The third-order valence-electron chi connectivity index (χ3n) is 4.03. The van der Waals surface area contributed by atoms with Crippen molar-refractivity contribution in [2.24, 2.45) is 0 Å². The topological polar surface area (TPSA) is 60.2 Å². The Bertz CT molecular complexity index is 516. The first kappa shape index (κ1) is 13.4. The Kier molecular flexibility index (Phi) is 3.66. The molecule has 4 heteroatoms. The fourth-order valence-corrected chi connectivity index (χ4v) is 4.54. The quantitative estimate of drug-likeness (QED) is 0.853. The van der Waals surface area contributed by atoms with Crippen LogP contribution in [-0.4, -0.2) is 19.9 Å². The van der Waals surface area contributed by atoms with Crippen LogP contribution in [0.1, 0.15) is 38.2 Å². The van der Waals surface area contributed by atoms with Gasteiger partial charge in [0, 0.05) is 16.9 Å². The second-order valence-electron chi connectivity index (χ2n) is 5.25. The van der Waals surface area contributed by atoms with Gasteiger partial charge in [0.05, 0.1) is 5.75 Å². The molecule has 3 nitrogen and oxygen atoms in total. The molecule has 1 fully saturated rings. The molecule has 2 N–H and O–H groups in total. The Morgan fingerprint density at radius 3 is 2.39 bits per heavy atom. The predicted octanol–water partition coefficient (Wildman–Crippen LogP) is 2.52. The van der Waals surface area contributed by atoms with Gasteiger partial charge in [-0.25, -0.2) is 8.42 Å². The van der Waals surface area contributed by atoms with Crippen LogP contribution in [0.3, 0.4) is 0 Å². The van der Waals surface area contributed by atoms with Gasteiger partial charge >= 0.3 is 0 Å². The van der Waals surface area contributed by atoms with Crippen molar-refractivity contribution < 1.29 is 8.42 Å². The van der Waals surface area contributed by atoms with Crippen LogP contribution in [0.25, 0.3) is 0 Å². The number of benzene rings is 1. The minimum absolute atomic E-state index is 0.210. The average molecular weight is 267 g/mol. The molecule has 0 aromatic heterocycles. The Morgan fingerprint density at radius 2 is 1.83 bits per heavy atom. The zero-order chi connectivity index (χ0) is 13.2. The van der Waals surface area contributed by atoms with Crippen molar-refractivity contribution in [2.45, 2.75) is 38.0 Å². The highest BCUT2D eigenvalue weighted by molar-refractivity contribution is 7.91. The van der Waals surface area contributed by atoms with Crippen molar-refractivity contribution in [1.29, 1.82) is 0 Å². The maximum atomic E-state index is 12.0. The van der Waals surface area contributed by atoms with E-state index in [9.17, 15) is 8.42 Å². The van der Waals surface area contributed by atoms with Crippen LogP contribution >= 0.6 is 0 Å². The van der Waals surface area contributed by atoms with Gasteiger partial charge in [0.2, 0.25) is 0 Å². The van der Waals surface area contributed by atoms with Crippen molar-refractivity contribution in [3.8, 4) is 0 Å². The Labute approximate surface area is 109 Å². The van der Waals surface area contributed by atoms with Gasteiger partial charge < -0.3 is 5.73 Å². The van der Waals surface area contributed by atoms with Crippen molar-refractivity contribution in [3.63, 3.8) is 0 Å². The summed E-state index contributed by atoms with van der Waals surface area (Å²) >= 11 is 0. The lowest BCUT2D eigenvalue weighted by molar-refractivity contribution is 0.483. The lowest BCUT2D eigenvalue weighted by atomic mass is 9.80. The monoisotopic (exact) mass is 267 g/mol. The van der Waals surface area contributed by atoms with Crippen LogP contribution in [0, 0.1) is 0 Å². The minimum atomic E-state index is -2.98. The molecule has 1 aromatic rings. The van der Waals surface area contributed by atoms with Gasteiger partial charge in [0.25, 0.3) is 0 Å². The maximum Gasteiger partial charge on any atom is 0.150 e. The first-order valence-electron chi connectivity index (χ1n) is 6.54. The van der Waals surface area contributed by atoms with E-state index in [4.69, 9.17) is 5.73 Å². The lowest BCUT2D eigenvalue weighted by Crippen LogP contribution is -2.33. The number of hydrogen-bond acceptors (Lipinski definition) is 3. The van der Waals surface area contributed by atoms with Gasteiger partial charge in [-0.1, -0.05) is 38.0 Å². The summed E-state index contributed by atoms with van der Waals surface area (Å²) < 4.78 is 24.0. The summed E-state index contributed by atoms with van der Waals surface area (Å²) in [7, 11) is -2.98. The number of nitrogen functional groups attached to an aromatic ring is 1. The van der Waals surface area contributed by atoms with Crippen LogP contribution in [0.4, 0.5) is 5.69 Å². The molecule has 0 heterocycles. The molecule has 0 aliphatic heterocycles. The predicted molar refractivity (Wildman–Crippen MR) is 75.3 cm³/mol. The number of para-hydroxylation sites is 1. The molecule has 0 atom stereocenters. The fraction of sp³-hybridized carbons (Fsp3) is 0.571. The molecule has 100 valence electrons. The van der Waals surface area contributed by atoms with Gasteiger partial charge in [-0.15, -0.1) is 0 Å². The molecule has 1 aromatic carbocycles. The highest BCUT2D eigenvalue weighted by Gasteiger charge is 2.40. The van der Waals surface area contributed by atoms with Gasteiger partial charge in [0.1, 0.15) is 0 Å². The summed E-state index contributed by atoms with van der Waals surface area (Å²) in [5.74, 6) is 0.451. The summed E-state index contributed by atoms with van der Waals surface area (Å²) in [6.07, 6.45) is 4.04. The Morgan fingerprint density at radius 1 is 1.22 bits per heavy atom. The summed E-state index contributed by atoms with van der Waals surface area (Å²) in [4.78, 5) is 0. The average Bonchev–Trinajstić information content (AvgIpc) is 2.78. The molecule has 0 saturated heterocycles. The van der Waals surface area contributed by atoms with Gasteiger partial charge in [-0.3, -0.25) is 0 Å². The number of nitrogens with two attached hydrogens (primary N) is 1. The van der Waals surface area contributed by atoms with Crippen LogP contribution in [0.15, 0.2) is 24.3 Å². The fourth-order valence-electron chi connectivity index (χ4n) is 3.05. The van der Waals surface area contributed by atoms with E-state index in [0.717, 1.165) is 36.9 Å². The molecular formula is C14H21NO2S. The van der Waals surface area contributed by atoms with Gasteiger partial charge in [-0.05, 0) is 24.5 Å². The molecule has 0 bridgehead atoms. The number of rotatable bonds is 4. The van der Waals surface area contributed by atoms with E-state index in [2.05, 4.69) is 0 Å². The molecule has 0 unspecified atom stereocenters. The number of sulfone groups is 1. The SMILES string of the molecule is CCS(=O)(=O)CC1(c2ccccc2N)CCCC1. The molecule has 0 amide bonds. The first-order valence-corrected chi connectivity index (χ1v) is 8.37. The van der Waals surface area contributed by atoms with Crippen LogP contribution in [0.5, 0.6) is 0 Å². The van der Waals surface area contributed by atoms with Gasteiger partial charge in [-0.2, -0.15) is 0 Å². The summed E-state index contributed by atoms with van der Waals surface area (Å²) in [5, 5.41) is 0. The third kappa shape index (κ3) is 2.53. The van der Waals surface area contributed by atoms with Gasteiger partial charge in [0.15, 0.2) is 9.84 Å². The maximum absolute atomic E-state index is 12.0. The third-order valence-corrected chi connectivity index (χ3v) is 5.90. The van der Waals surface area contributed by atoms with E-state index in [-0.39, 0.29) is 16.9 Å². The van der Waals surface area contributed by atoms with Crippen molar-refractivity contribution in [3.05, 3.63) is 29.8 Å². The Balaban J connectivity index is 2.42. The smallest absolute Gasteiger partial charge is 0.150 e. The first-order chi connectivity index (χ1) is 8.49. The van der Waals surface area contributed by atoms with Crippen molar-refractivity contribution in [2.75, 3.05) is 17.2 Å². The second-order valence-corrected chi connectivity index (χ2v) is 7.60. The van der Waals surface area contributed by atoms with E-state index in [0.29, 0.717) is 0 Å². The standard InChI is InChI=1S/C14H21NO2S/c1-2-18(16,17)11-14(9-5-6-10-14)12-7-3-4-8-13(12)15/h3-4,7-8H,2,5-6,9-11,15H2,1H3. The van der Waals surface area contributed by atoms with Crippen LogP contribution < -0.4 is 5.73 Å². The molecule has 2 rings (SSSR count). The molecule has 0 spiro atoms. The highest BCUT2D eigenvalue weighted by Crippen LogP contribution is 2.44. The zero-order valence-electron chi connectivity index (χ0n) is 10.9. The van der Waals surface area contributed by atoms with Crippen molar-refractivity contribution in [1.82, 2.24) is 0 Å². The lowest BCUT2D eigenvalue weighted by Gasteiger charge is -2.30. The van der Waals surface area contributed by atoms with E-state index in [1.54, 1.807) is 6.92 Å². The van der Waals surface area contributed by atoms with Crippen LogP contribution in [0.2, 0.25) is 0 Å². The van der Waals surface area contributed by atoms with E-state index >= 15 is 0 Å². The second kappa shape index (κ2) is 4.92. The highest BCUT2D eigenvalue weighted by atomic mass is 32.2. The minimum Gasteiger partial charge on any atom is -0.398 e. The summed E-state index contributed by atoms with van der Waals surface area (Å²) in [6, 6.07) is 7.71. The number of hydrogen-bond donors (Lipinski definition) is 1. The molecular weight excluding hydrogens is 246 g/mol. The van der Waals surface area contributed by atoms with E-state index in [1.165, 1.54) is 0 Å². The van der Waals surface area contributed by atoms with E-state index in [1.807, 2.05) is 24.3 Å². The molecule has 18 heavy (non-hydrogen) atoms. The van der Waals surface area contributed by atoms with Crippen molar-refractivity contribution >= 4 is 15.5 Å². The molecule has 0 radical (unpaired) electrons. The summed E-state index contributed by atoms with van der Waals surface area (Å²) in [5.41, 5.74) is 7.56. The Hall–Kier alpha value is -1.03. The van der Waals surface area contributed by atoms with E-state index < -0.39 is 9.84 Å². The number of anilines is 1. The zero-order valence-corrected chi connectivity index (χ0v) is 11.7. The normalized spacial score (nSPS) is 18.9. The largest absolute Gasteiger partial charge is 0.398 e. The molecule has 1 aliphatic rings. The summed E-state index contributed by atoms with van der Waals surface area (Å²) in [6.45, 7) is 1.71. The molecule has 1 saturated carbocycles. The van der Waals surface area contributed by atoms with Crippen LogP contribution in [-0.2, 0) is 15.3 Å².